The number of nitrogens with zero attached hydrogens (tertiary/aromatic N) is 3. The van der Waals surface area contributed by atoms with Crippen molar-refractivity contribution in [3.8, 4) is 0 Å². The van der Waals surface area contributed by atoms with Crippen molar-refractivity contribution < 1.29 is 31.1 Å². The Balaban J connectivity index is 1.97. The molecule has 2 aromatic heterocycles. The number of benzene rings is 1. The lowest BCUT2D eigenvalue weighted by Gasteiger charge is -2.14. The second-order valence-electron chi connectivity index (χ2n) is 5.26. The van der Waals surface area contributed by atoms with Crippen LogP contribution in [0, 0.1) is 0 Å². The molecular weight excluding hydrogens is 366 g/mol. The molecule has 0 saturated carbocycles. The fraction of sp³-hybridized carbons (Fsp3) is 0.133. The minimum atomic E-state index is -5.03. The van der Waals surface area contributed by atoms with Crippen LogP contribution in [0.4, 0.5) is 32.0 Å². The molecule has 0 atom stereocenters. The Bertz CT molecular complexity index is 944. The van der Waals surface area contributed by atoms with Gasteiger partial charge in [0.15, 0.2) is 5.65 Å². The molecule has 0 saturated heterocycles. The predicted molar refractivity (Wildman–Crippen MR) is 77.4 cm³/mol. The van der Waals surface area contributed by atoms with Crippen LogP contribution in [0.5, 0.6) is 0 Å². The van der Waals surface area contributed by atoms with Gasteiger partial charge in [-0.3, -0.25) is 9.20 Å². The smallest absolute Gasteiger partial charge is 0.321 e. The summed E-state index contributed by atoms with van der Waals surface area (Å²) in [6.45, 7) is 0. The number of anilines is 1. The van der Waals surface area contributed by atoms with Crippen LogP contribution < -0.4 is 5.32 Å². The van der Waals surface area contributed by atoms with E-state index in [1.54, 1.807) is 0 Å². The van der Waals surface area contributed by atoms with Gasteiger partial charge in [-0.2, -0.15) is 26.3 Å². The van der Waals surface area contributed by atoms with E-state index in [0.29, 0.717) is 17.8 Å². The second kappa shape index (κ2) is 6.00. The van der Waals surface area contributed by atoms with E-state index >= 15 is 0 Å². The number of nitrogens with one attached hydrogen (secondary N) is 1. The maximum absolute atomic E-state index is 12.8. The molecule has 0 radical (unpaired) electrons. The van der Waals surface area contributed by atoms with Crippen LogP contribution in [0.25, 0.3) is 5.65 Å². The highest BCUT2D eigenvalue weighted by atomic mass is 19.4. The number of amides is 1. The van der Waals surface area contributed by atoms with Gasteiger partial charge in [-0.25, -0.2) is 0 Å². The summed E-state index contributed by atoms with van der Waals surface area (Å²) in [5.41, 5.74) is -3.30. The highest BCUT2D eigenvalue weighted by Crippen LogP contribution is 2.36. The van der Waals surface area contributed by atoms with Crippen LogP contribution in [-0.2, 0) is 12.4 Å². The van der Waals surface area contributed by atoms with Crippen molar-refractivity contribution in [1.82, 2.24) is 14.6 Å². The number of rotatable bonds is 2. The van der Waals surface area contributed by atoms with Crippen LogP contribution in [-0.4, -0.2) is 20.5 Å². The zero-order valence-corrected chi connectivity index (χ0v) is 12.6. The molecule has 0 bridgehead atoms. The first kappa shape index (κ1) is 17.7. The second-order valence-corrected chi connectivity index (χ2v) is 5.26. The zero-order valence-electron chi connectivity index (χ0n) is 12.6. The molecule has 3 rings (SSSR count). The van der Waals surface area contributed by atoms with Gasteiger partial charge in [0.1, 0.15) is 6.33 Å². The zero-order chi connectivity index (χ0) is 19.1. The Morgan fingerprint density at radius 2 is 1.58 bits per heavy atom. The molecule has 1 amide bonds. The minimum Gasteiger partial charge on any atom is -0.321 e. The molecule has 26 heavy (non-hydrogen) atoms. The molecule has 0 aliphatic heterocycles. The average Bonchev–Trinajstić information content (AvgIpc) is 3.00. The summed E-state index contributed by atoms with van der Waals surface area (Å²) in [4.78, 5) is 12.2. The Kier molecular flexibility index (Phi) is 4.09. The minimum absolute atomic E-state index is 0.0417. The largest absolute Gasteiger partial charge is 0.416 e. The molecule has 0 fully saturated rings. The van der Waals surface area contributed by atoms with E-state index < -0.39 is 35.0 Å². The number of pyridine rings is 1. The van der Waals surface area contributed by atoms with E-state index in [0.717, 1.165) is 0 Å². The Hall–Kier alpha value is -3.11. The van der Waals surface area contributed by atoms with Crippen molar-refractivity contribution in [3.05, 3.63) is 59.5 Å². The number of hydrogen-bond acceptors (Lipinski definition) is 3. The Morgan fingerprint density at radius 1 is 0.962 bits per heavy atom. The Labute approximate surface area is 141 Å². The van der Waals surface area contributed by atoms with Gasteiger partial charge < -0.3 is 5.32 Å². The van der Waals surface area contributed by atoms with Gasteiger partial charge >= 0.3 is 12.4 Å². The number of carbonyl (C=O) groups excluding carboxylic acids is 1. The van der Waals surface area contributed by atoms with Crippen LogP contribution in [0.15, 0.2) is 42.9 Å². The van der Waals surface area contributed by atoms with E-state index in [2.05, 4.69) is 15.5 Å². The monoisotopic (exact) mass is 374 g/mol. The van der Waals surface area contributed by atoms with Gasteiger partial charge in [-0.15, -0.1) is 10.2 Å². The first-order valence-electron chi connectivity index (χ1n) is 6.94. The van der Waals surface area contributed by atoms with Crippen molar-refractivity contribution in [1.29, 1.82) is 0 Å². The van der Waals surface area contributed by atoms with Gasteiger partial charge in [0.25, 0.3) is 5.91 Å². The molecule has 2 heterocycles. The van der Waals surface area contributed by atoms with Crippen LogP contribution in [0.3, 0.4) is 0 Å². The molecule has 1 aromatic carbocycles. The standard InChI is InChI=1S/C15H8F6N4O/c16-14(17,18)9-3-8(4-10(5-9)15(19,20)21)13(26)23-11-1-2-12-24-22-7-25(12)6-11/h1-7H,(H,23,26). The molecule has 5 nitrogen and oxygen atoms in total. The fourth-order valence-electron chi connectivity index (χ4n) is 2.19. The van der Waals surface area contributed by atoms with Gasteiger partial charge in [0.05, 0.1) is 16.8 Å². The summed E-state index contributed by atoms with van der Waals surface area (Å²) in [6, 6.07) is 3.54. The summed E-state index contributed by atoms with van der Waals surface area (Å²) < 4.78 is 78.5. The third kappa shape index (κ3) is 3.60. The van der Waals surface area contributed by atoms with Crippen LogP contribution in [0.2, 0.25) is 0 Å². The average molecular weight is 374 g/mol. The SMILES string of the molecule is O=C(Nc1ccc2nncn2c1)c1cc(C(F)(F)F)cc(C(F)(F)F)c1. The fourth-order valence-corrected chi connectivity index (χ4v) is 2.19. The highest BCUT2D eigenvalue weighted by Gasteiger charge is 2.37. The maximum atomic E-state index is 12.8. The number of aromatic nitrogens is 3. The van der Waals surface area contributed by atoms with Crippen LogP contribution in [0.1, 0.15) is 21.5 Å². The van der Waals surface area contributed by atoms with Crippen molar-refractivity contribution in [2.75, 3.05) is 5.32 Å². The number of hydrogen-bond donors (Lipinski definition) is 1. The Morgan fingerprint density at radius 3 is 2.15 bits per heavy atom. The van der Waals surface area contributed by atoms with Gasteiger partial charge in [-0.05, 0) is 30.3 Å². The molecule has 136 valence electrons. The van der Waals surface area contributed by atoms with Gasteiger partial charge in [0, 0.05) is 11.8 Å². The lowest BCUT2D eigenvalue weighted by atomic mass is 10.0. The lowest BCUT2D eigenvalue weighted by molar-refractivity contribution is -0.143. The number of alkyl halides is 6. The van der Waals surface area contributed by atoms with E-state index in [4.69, 9.17) is 0 Å². The van der Waals surface area contributed by atoms with Gasteiger partial charge in [0.2, 0.25) is 0 Å². The molecule has 0 spiro atoms. The number of fused-ring (bicyclic) bond motifs is 1. The molecule has 11 heteroatoms. The van der Waals surface area contributed by atoms with E-state index in [1.165, 1.54) is 29.1 Å². The maximum Gasteiger partial charge on any atom is 0.416 e. The summed E-state index contributed by atoms with van der Waals surface area (Å²) in [5, 5.41) is 9.58. The highest BCUT2D eigenvalue weighted by molar-refractivity contribution is 6.04. The molecule has 3 aromatic rings. The topological polar surface area (TPSA) is 59.3 Å². The van der Waals surface area contributed by atoms with Crippen molar-refractivity contribution in [3.63, 3.8) is 0 Å². The third-order valence-electron chi connectivity index (χ3n) is 3.40. The van der Waals surface area contributed by atoms with Gasteiger partial charge in [-0.1, -0.05) is 0 Å². The van der Waals surface area contributed by atoms with Crippen LogP contribution >= 0.6 is 0 Å². The molecule has 0 unspecified atom stereocenters. The predicted octanol–water partition coefficient (Wildman–Crippen LogP) is 4.02. The van der Waals surface area contributed by atoms with Crippen molar-refractivity contribution in [2.45, 2.75) is 12.4 Å². The molecule has 0 aliphatic carbocycles. The molecule has 0 aliphatic rings. The summed E-state index contributed by atoms with van der Waals surface area (Å²) >= 11 is 0. The normalized spacial score (nSPS) is 12.4. The first-order valence-corrected chi connectivity index (χ1v) is 6.94. The third-order valence-corrected chi connectivity index (χ3v) is 3.40. The quantitative estimate of drug-likeness (QED) is 0.690. The summed E-state index contributed by atoms with van der Waals surface area (Å²) in [6.07, 6.45) is -7.38. The first-order chi connectivity index (χ1) is 12.0. The lowest BCUT2D eigenvalue weighted by Crippen LogP contribution is -2.17. The number of carbonyl (C=O) groups is 1. The van der Waals surface area contributed by atoms with E-state index in [9.17, 15) is 31.1 Å². The summed E-state index contributed by atoms with van der Waals surface area (Å²) in [5.74, 6) is -1.12. The number of halogens is 6. The van der Waals surface area contributed by atoms with E-state index in [1.807, 2.05) is 0 Å². The van der Waals surface area contributed by atoms with Crippen molar-refractivity contribution in [2.24, 2.45) is 0 Å². The molecule has 1 N–H and O–H groups in total. The summed E-state index contributed by atoms with van der Waals surface area (Å²) in [7, 11) is 0. The van der Waals surface area contributed by atoms with E-state index in [-0.39, 0.29) is 11.8 Å². The molecular formula is C15H8F6N4O. The van der Waals surface area contributed by atoms with Crippen molar-refractivity contribution >= 4 is 17.2 Å².